The van der Waals surface area contributed by atoms with Gasteiger partial charge in [0.15, 0.2) is 0 Å². The first-order valence-corrected chi connectivity index (χ1v) is 13.2. The van der Waals surface area contributed by atoms with Gasteiger partial charge in [-0.15, -0.1) is 0 Å². The molecule has 39 heavy (non-hydrogen) atoms. The average molecular weight is 518 g/mol. The first kappa shape index (κ1) is 23.5. The van der Waals surface area contributed by atoms with E-state index in [2.05, 4.69) is 36.0 Å². The van der Waals surface area contributed by atoms with Gasteiger partial charge in [-0.1, -0.05) is 18.2 Å². The van der Waals surface area contributed by atoms with Crippen LogP contribution in [0.2, 0.25) is 0 Å². The number of amides is 1. The SMILES string of the molecule is N#CCC1(n2cc(-c3ncnc4[nH]ccc34)cn2)CN(C2CCN(C(=O)c3cnc4ccccc4c3)CC2)C1. The Balaban J connectivity index is 1.02. The van der Waals surface area contributed by atoms with Crippen LogP contribution >= 0.6 is 0 Å². The Morgan fingerprint density at radius 3 is 2.79 bits per heavy atom. The number of hydrogen-bond acceptors (Lipinski definition) is 7. The highest BCUT2D eigenvalue weighted by atomic mass is 16.2. The molecule has 2 fully saturated rings. The van der Waals surface area contributed by atoms with Crippen molar-refractivity contribution in [2.24, 2.45) is 0 Å². The quantitative estimate of drug-likeness (QED) is 0.378. The van der Waals surface area contributed by atoms with Crippen LogP contribution in [0.3, 0.4) is 0 Å². The first-order chi connectivity index (χ1) is 19.1. The molecule has 1 amide bonds. The molecule has 10 heteroatoms. The molecule has 0 spiro atoms. The molecule has 0 unspecified atom stereocenters. The fraction of sp³-hybridized carbons (Fsp3) is 0.310. The van der Waals surface area contributed by atoms with Gasteiger partial charge in [-0.2, -0.15) is 10.4 Å². The molecule has 4 aromatic heterocycles. The second-order valence-electron chi connectivity index (χ2n) is 10.5. The standard InChI is InChI=1S/C29H27N9O/c30-9-8-29(38-16-22(15-35-38)26-24-5-10-31-27(24)34-19-33-26)17-37(18-29)23-6-11-36(12-7-23)28(39)21-13-20-3-1-2-4-25(20)32-14-21/h1-5,10,13-16,19,23H,6-8,11-12,17-18H2,(H,31,33,34). The molecule has 0 bridgehead atoms. The van der Waals surface area contributed by atoms with Crippen molar-refractivity contribution < 1.29 is 4.79 Å². The molecule has 10 nitrogen and oxygen atoms in total. The van der Waals surface area contributed by atoms with Gasteiger partial charge in [0.05, 0.1) is 35.5 Å². The van der Waals surface area contributed by atoms with Gasteiger partial charge >= 0.3 is 0 Å². The lowest BCUT2D eigenvalue weighted by molar-refractivity contribution is -0.0412. The van der Waals surface area contributed by atoms with Crippen LogP contribution in [0, 0.1) is 11.3 Å². The van der Waals surface area contributed by atoms with E-state index in [0.29, 0.717) is 31.1 Å². The fourth-order valence-corrected chi connectivity index (χ4v) is 6.06. The second-order valence-corrected chi connectivity index (χ2v) is 10.5. The zero-order chi connectivity index (χ0) is 26.4. The number of hydrogen-bond donors (Lipinski definition) is 1. The summed E-state index contributed by atoms with van der Waals surface area (Å²) in [5, 5.41) is 16.2. The van der Waals surface area contributed by atoms with Gasteiger partial charge in [-0.3, -0.25) is 19.4 Å². The van der Waals surface area contributed by atoms with E-state index in [9.17, 15) is 10.1 Å². The van der Waals surface area contributed by atoms with E-state index in [1.165, 1.54) is 0 Å². The Morgan fingerprint density at radius 2 is 1.95 bits per heavy atom. The molecular weight excluding hydrogens is 490 g/mol. The van der Waals surface area contributed by atoms with Crippen LogP contribution in [-0.2, 0) is 5.54 Å². The van der Waals surface area contributed by atoms with Crippen molar-refractivity contribution in [3.05, 3.63) is 73.1 Å². The number of rotatable bonds is 5. The zero-order valence-corrected chi connectivity index (χ0v) is 21.4. The van der Waals surface area contributed by atoms with Crippen LogP contribution in [0.4, 0.5) is 0 Å². The predicted molar refractivity (Wildman–Crippen MR) is 146 cm³/mol. The Hall–Kier alpha value is -4.62. The number of para-hydroxylation sites is 1. The minimum Gasteiger partial charge on any atom is -0.346 e. The monoisotopic (exact) mass is 517 g/mol. The maximum atomic E-state index is 13.2. The summed E-state index contributed by atoms with van der Waals surface area (Å²) in [5.74, 6) is 0.0412. The van der Waals surface area contributed by atoms with E-state index in [1.807, 2.05) is 64.6 Å². The van der Waals surface area contributed by atoms with Crippen LogP contribution in [0.1, 0.15) is 29.6 Å². The normalized spacial score (nSPS) is 17.8. The smallest absolute Gasteiger partial charge is 0.255 e. The zero-order valence-electron chi connectivity index (χ0n) is 21.4. The molecule has 1 N–H and O–H groups in total. The van der Waals surface area contributed by atoms with Crippen LogP contribution < -0.4 is 0 Å². The van der Waals surface area contributed by atoms with E-state index in [0.717, 1.165) is 59.1 Å². The van der Waals surface area contributed by atoms with Gasteiger partial charge in [0.2, 0.25) is 0 Å². The summed E-state index contributed by atoms with van der Waals surface area (Å²) < 4.78 is 1.95. The third-order valence-electron chi connectivity index (χ3n) is 8.20. The van der Waals surface area contributed by atoms with Gasteiger partial charge in [0.25, 0.3) is 5.91 Å². The third kappa shape index (κ3) is 4.02. The number of H-pyrrole nitrogens is 1. The van der Waals surface area contributed by atoms with Crippen molar-refractivity contribution in [1.82, 2.24) is 39.5 Å². The average Bonchev–Trinajstić information content (AvgIpc) is 3.65. The fourth-order valence-electron chi connectivity index (χ4n) is 6.06. The van der Waals surface area contributed by atoms with Crippen LogP contribution in [0.5, 0.6) is 0 Å². The lowest BCUT2D eigenvalue weighted by atomic mass is 9.83. The highest BCUT2D eigenvalue weighted by molar-refractivity contribution is 5.97. The summed E-state index contributed by atoms with van der Waals surface area (Å²) in [6.07, 6.45) is 11.1. The van der Waals surface area contributed by atoms with E-state index in [4.69, 9.17) is 0 Å². The molecule has 0 radical (unpaired) electrons. The topological polar surface area (TPSA) is 120 Å². The minimum atomic E-state index is -0.360. The number of benzene rings is 1. The maximum absolute atomic E-state index is 13.2. The lowest BCUT2D eigenvalue weighted by Crippen LogP contribution is -2.66. The number of aromatic amines is 1. The van der Waals surface area contributed by atoms with Crippen LogP contribution in [-0.4, -0.2) is 77.6 Å². The second kappa shape index (κ2) is 9.29. The molecule has 0 saturated carbocycles. The molecule has 1 aromatic carbocycles. The van der Waals surface area contributed by atoms with Crippen LogP contribution in [0.25, 0.3) is 33.2 Å². The molecule has 2 saturated heterocycles. The lowest BCUT2D eigenvalue weighted by Gasteiger charge is -2.53. The Labute approximate surface area is 224 Å². The van der Waals surface area contributed by atoms with Gasteiger partial charge in [-0.05, 0) is 31.0 Å². The molecule has 7 rings (SSSR count). The Kier molecular flexibility index (Phi) is 5.60. The molecule has 194 valence electrons. The molecule has 0 atom stereocenters. The van der Waals surface area contributed by atoms with Gasteiger partial charge < -0.3 is 9.88 Å². The number of carbonyl (C=O) groups is 1. The van der Waals surface area contributed by atoms with Gasteiger partial charge in [-0.25, -0.2) is 9.97 Å². The third-order valence-corrected chi connectivity index (χ3v) is 8.20. The van der Waals surface area contributed by atoms with E-state index in [-0.39, 0.29) is 11.4 Å². The molecule has 0 aliphatic carbocycles. The number of nitrogens with zero attached hydrogens (tertiary/aromatic N) is 8. The summed E-state index contributed by atoms with van der Waals surface area (Å²) in [6, 6.07) is 14.5. The predicted octanol–water partition coefficient (Wildman–Crippen LogP) is 3.60. The molecule has 2 aliphatic rings. The van der Waals surface area contributed by atoms with Crippen LogP contribution in [0.15, 0.2) is 67.5 Å². The molecule has 2 aliphatic heterocycles. The molecular formula is C29H27N9O. The number of fused-ring (bicyclic) bond motifs is 2. The van der Waals surface area contributed by atoms with Crippen molar-refractivity contribution in [3.8, 4) is 17.3 Å². The van der Waals surface area contributed by atoms with Gasteiger partial charge in [0.1, 0.15) is 17.5 Å². The van der Waals surface area contributed by atoms with E-state index >= 15 is 0 Å². The molecule has 5 aromatic rings. The van der Waals surface area contributed by atoms with Crippen molar-refractivity contribution in [1.29, 1.82) is 5.26 Å². The molecule has 6 heterocycles. The summed E-state index contributed by atoms with van der Waals surface area (Å²) in [5.41, 5.74) is 3.70. The Bertz CT molecular complexity index is 1720. The number of nitrogens with one attached hydrogen (secondary N) is 1. The van der Waals surface area contributed by atoms with Crippen molar-refractivity contribution in [3.63, 3.8) is 0 Å². The summed E-state index contributed by atoms with van der Waals surface area (Å²) in [6.45, 7) is 2.95. The van der Waals surface area contributed by atoms with Gasteiger partial charge in [0, 0.05) is 67.1 Å². The van der Waals surface area contributed by atoms with Crippen molar-refractivity contribution in [2.75, 3.05) is 26.2 Å². The maximum Gasteiger partial charge on any atom is 0.255 e. The summed E-state index contributed by atoms with van der Waals surface area (Å²) >= 11 is 0. The van der Waals surface area contributed by atoms with E-state index < -0.39 is 0 Å². The number of nitriles is 1. The summed E-state index contributed by atoms with van der Waals surface area (Å²) in [4.78, 5) is 33.9. The van der Waals surface area contributed by atoms with E-state index in [1.54, 1.807) is 12.5 Å². The Morgan fingerprint density at radius 1 is 1.10 bits per heavy atom. The largest absolute Gasteiger partial charge is 0.346 e. The first-order valence-electron chi connectivity index (χ1n) is 13.2. The number of piperidine rings is 1. The van der Waals surface area contributed by atoms with Crippen molar-refractivity contribution >= 4 is 27.8 Å². The highest BCUT2D eigenvalue weighted by Gasteiger charge is 2.48. The number of carbonyl (C=O) groups excluding carboxylic acids is 1. The minimum absolute atomic E-state index is 0.0412. The highest BCUT2D eigenvalue weighted by Crippen LogP contribution is 2.37. The number of likely N-dealkylation sites (tertiary alicyclic amines) is 2. The van der Waals surface area contributed by atoms with Crippen molar-refractivity contribution in [2.45, 2.75) is 30.8 Å². The number of aromatic nitrogens is 6. The summed E-state index contributed by atoms with van der Waals surface area (Å²) in [7, 11) is 0. The number of pyridine rings is 1.